The van der Waals surface area contributed by atoms with Gasteiger partial charge in [0.1, 0.15) is 73.2 Å². The zero-order valence-corrected chi connectivity index (χ0v) is 20.3. The molecule has 3 saturated heterocycles. The van der Waals surface area contributed by atoms with Gasteiger partial charge in [0.05, 0.1) is 25.9 Å². The lowest BCUT2D eigenvalue weighted by Crippen LogP contribution is -2.69. The molecule has 0 aromatic carbocycles. The van der Waals surface area contributed by atoms with Gasteiger partial charge in [0.25, 0.3) is 0 Å². The fraction of sp³-hybridized carbons (Fsp3) is 0.952. The third kappa shape index (κ3) is 6.39. The topological polar surface area (TPSA) is 257 Å². The number of hydrogen-bond acceptors (Lipinski definition) is 15. The minimum Gasteiger partial charge on any atom is -0.394 e. The predicted molar refractivity (Wildman–Crippen MR) is 116 cm³/mol. The summed E-state index contributed by atoms with van der Waals surface area (Å²) >= 11 is 0. The van der Waals surface area contributed by atoms with Gasteiger partial charge in [-0.3, -0.25) is 4.79 Å². The van der Waals surface area contributed by atoms with Crippen LogP contribution in [0.4, 0.5) is 0 Å². The highest BCUT2D eigenvalue weighted by Crippen LogP contribution is 2.32. The molecule has 37 heavy (non-hydrogen) atoms. The highest BCUT2D eigenvalue weighted by Gasteiger charge is 2.53. The highest BCUT2D eigenvalue weighted by molar-refractivity contribution is 5.73. The molecule has 0 saturated carbocycles. The van der Waals surface area contributed by atoms with Gasteiger partial charge in [0, 0.05) is 6.92 Å². The first-order valence-electron chi connectivity index (χ1n) is 11.9. The van der Waals surface area contributed by atoms with Gasteiger partial charge in [-0.25, -0.2) is 0 Å². The van der Waals surface area contributed by atoms with Crippen LogP contribution >= 0.6 is 0 Å². The van der Waals surface area contributed by atoms with Crippen molar-refractivity contribution < 1.29 is 74.4 Å². The molecule has 3 fully saturated rings. The lowest BCUT2D eigenvalue weighted by atomic mass is 9.93. The molecule has 1 amide bonds. The number of carbonyl (C=O) groups is 1. The first kappa shape index (κ1) is 30.5. The molecule has 3 heterocycles. The van der Waals surface area contributed by atoms with E-state index in [9.17, 15) is 50.8 Å². The largest absolute Gasteiger partial charge is 0.394 e. The third-order valence-electron chi connectivity index (χ3n) is 6.75. The van der Waals surface area contributed by atoms with Crippen molar-refractivity contribution >= 4 is 5.91 Å². The van der Waals surface area contributed by atoms with Crippen molar-refractivity contribution in [1.82, 2.24) is 5.32 Å². The molecule has 3 aliphatic rings. The van der Waals surface area contributed by atoms with Crippen LogP contribution in [0.3, 0.4) is 0 Å². The standard InChI is InChI=1S/C21H37NO15/c1-6-18(16(31)13(28)8(3-23)33-6)36-20-11(22-7(2)26)14(29)19(10(5-25)35-20)37-21-17(32)15(30)12(27)9(4-24)34-21/h6,8-21,23-25,27-32H,3-5H2,1-2H3,(H,22,26)/t6?,8?,9?,10-,11?,12-,13+,14+,15-,16-,17-,18-,19+,20-,21?/m0/s1. The maximum Gasteiger partial charge on any atom is 0.217 e. The number of carbonyl (C=O) groups excluding carboxylic acids is 1. The fourth-order valence-electron chi connectivity index (χ4n) is 4.70. The van der Waals surface area contributed by atoms with E-state index >= 15 is 0 Å². The Labute approximate surface area is 211 Å². The molecule has 0 aromatic heterocycles. The highest BCUT2D eigenvalue weighted by atomic mass is 16.7. The van der Waals surface area contributed by atoms with Gasteiger partial charge in [-0.1, -0.05) is 0 Å². The van der Waals surface area contributed by atoms with E-state index in [0.717, 1.165) is 6.92 Å². The number of rotatable bonds is 8. The van der Waals surface area contributed by atoms with Crippen LogP contribution in [0.5, 0.6) is 0 Å². The van der Waals surface area contributed by atoms with Gasteiger partial charge >= 0.3 is 0 Å². The van der Waals surface area contributed by atoms with Crippen molar-refractivity contribution in [3.63, 3.8) is 0 Å². The second-order valence-electron chi connectivity index (χ2n) is 9.38. The fourth-order valence-corrected chi connectivity index (χ4v) is 4.70. The quantitative estimate of drug-likeness (QED) is 0.137. The van der Waals surface area contributed by atoms with E-state index in [0.29, 0.717) is 0 Å². The maximum atomic E-state index is 11.9. The first-order valence-corrected chi connectivity index (χ1v) is 11.9. The summed E-state index contributed by atoms with van der Waals surface area (Å²) in [5.74, 6) is -0.621. The maximum absolute atomic E-state index is 11.9. The average Bonchev–Trinajstić information content (AvgIpc) is 2.86. The summed E-state index contributed by atoms with van der Waals surface area (Å²) in [5, 5.41) is 93.3. The molecule has 5 unspecified atom stereocenters. The molecule has 216 valence electrons. The van der Waals surface area contributed by atoms with Crippen molar-refractivity contribution in [3.05, 3.63) is 0 Å². The van der Waals surface area contributed by atoms with E-state index in [1.165, 1.54) is 6.92 Å². The molecule has 3 aliphatic heterocycles. The van der Waals surface area contributed by atoms with Crippen LogP contribution in [0.2, 0.25) is 0 Å². The van der Waals surface area contributed by atoms with Crippen molar-refractivity contribution in [3.8, 4) is 0 Å². The van der Waals surface area contributed by atoms with Crippen molar-refractivity contribution in [1.29, 1.82) is 0 Å². The third-order valence-corrected chi connectivity index (χ3v) is 6.75. The average molecular weight is 544 g/mol. The second kappa shape index (κ2) is 12.8. The summed E-state index contributed by atoms with van der Waals surface area (Å²) in [5.41, 5.74) is 0. The van der Waals surface area contributed by atoms with Crippen LogP contribution < -0.4 is 5.32 Å². The Morgan fingerprint density at radius 1 is 0.676 bits per heavy atom. The van der Waals surface area contributed by atoms with Gasteiger partial charge in [-0.05, 0) is 6.92 Å². The molecule has 0 aliphatic carbocycles. The Kier molecular flexibility index (Phi) is 10.6. The molecule has 0 aromatic rings. The van der Waals surface area contributed by atoms with E-state index in [4.69, 9.17) is 23.7 Å². The Bertz CT molecular complexity index is 745. The van der Waals surface area contributed by atoms with Crippen LogP contribution in [-0.4, -0.2) is 164 Å². The van der Waals surface area contributed by atoms with E-state index in [1.54, 1.807) is 0 Å². The number of hydrogen-bond donors (Lipinski definition) is 10. The van der Waals surface area contributed by atoms with Gasteiger partial charge in [0.2, 0.25) is 5.91 Å². The smallest absolute Gasteiger partial charge is 0.217 e. The summed E-state index contributed by atoms with van der Waals surface area (Å²) < 4.78 is 27.9. The Hall–Kier alpha value is -1.09. The predicted octanol–water partition coefficient (Wildman–Crippen LogP) is -6.36. The van der Waals surface area contributed by atoms with Crippen molar-refractivity contribution in [2.45, 2.75) is 106 Å². The summed E-state index contributed by atoms with van der Waals surface area (Å²) in [6.45, 7) is 0.595. The molecule has 3 rings (SSSR count). The van der Waals surface area contributed by atoms with E-state index < -0.39 is 118 Å². The summed E-state index contributed by atoms with van der Waals surface area (Å²) in [4.78, 5) is 11.9. The van der Waals surface area contributed by atoms with Crippen LogP contribution in [0.1, 0.15) is 13.8 Å². The van der Waals surface area contributed by atoms with Crippen molar-refractivity contribution in [2.24, 2.45) is 0 Å². The second-order valence-corrected chi connectivity index (χ2v) is 9.38. The lowest BCUT2D eigenvalue weighted by Gasteiger charge is -2.49. The first-order chi connectivity index (χ1) is 17.4. The minimum absolute atomic E-state index is 0.563. The molecule has 10 N–H and O–H groups in total. The molecule has 0 radical (unpaired) electrons. The lowest BCUT2D eigenvalue weighted by molar-refractivity contribution is -0.359. The summed E-state index contributed by atoms with van der Waals surface area (Å²) in [6, 6.07) is -1.37. The molecular formula is C21H37NO15. The van der Waals surface area contributed by atoms with Gasteiger partial charge in [-0.15, -0.1) is 0 Å². The Balaban J connectivity index is 1.81. The number of aliphatic hydroxyl groups excluding tert-OH is 9. The number of amides is 1. The molecule has 0 spiro atoms. The van der Waals surface area contributed by atoms with Gasteiger partial charge in [-0.2, -0.15) is 0 Å². The molecule has 0 bridgehead atoms. The number of aliphatic hydroxyl groups is 9. The number of ether oxygens (including phenoxy) is 5. The normalized spacial score (nSPS) is 49.0. The molecule has 15 atom stereocenters. The van der Waals surface area contributed by atoms with Gasteiger partial charge < -0.3 is 75.0 Å². The SMILES string of the molecule is CC(=O)NC1[C@H](O[C@H]2C(C)OC(CO)[C@@H](O)[C@@H]2O)O[C@@H](CO)[C@@H](OC2OC(CO)[C@H](O)[C@H](O)[C@@H]2O)[C@@H]1O. The Morgan fingerprint density at radius 3 is 1.76 bits per heavy atom. The van der Waals surface area contributed by atoms with Crippen LogP contribution in [-0.2, 0) is 28.5 Å². The summed E-state index contributed by atoms with van der Waals surface area (Å²) in [6.07, 6.45) is -20.5. The summed E-state index contributed by atoms with van der Waals surface area (Å²) in [7, 11) is 0. The van der Waals surface area contributed by atoms with Gasteiger partial charge in [0.15, 0.2) is 12.6 Å². The van der Waals surface area contributed by atoms with Crippen LogP contribution in [0, 0.1) is 0 Å². The zero-order chi connectivity index (χ0) is 27.6. The Morgan fingerprint density at radius 2 is 1.19 bits per heavy atom. The monoisotopic (exact) mass is 543 g/mol. The van der Waals surface area contributed by atoms with E-state index in [2.05, 4.69) is 5.32 Å². The van der Waals surface area contributed by atoms with Crippen LogP contribution in [0.15, 0.2) is 0 Å². The molecule has 16 nitrogen and oxygen atoms in total. The van der Waals surface area contributed by atoms with Crippen molar-refractivity contribution in [2.75, 3.05) is 19.8 Å². The van der Waals surface area contributed by atoms with Crippen LogP contribution in [0.25, 0.3) is 0 Å². The van der Waals surface area contributed by atoms with E-state index in [1.807, 2.05) is 0 Å². The molecular weight excluding hydrogens is 506 g/mol. The minimum atomic E-state index is -1.81. The van der Waals surface area contributed by atoms with E-state index in [-0.39, 0.29) is 0 Å². The number of nitrogens with one attached hydrogen (secondary N) is 1. The molecule has 16 heteroatoms. The zero-order valence-electron chi connectivity index (χ0n) is 20.3.